The van der Waals surface area contributed by atoms with Gasteiger partial charge in [-0.3, -0.25) is 0 Å². The molecule has 0 aliphatic carbocycles. The zero-order valence-corrected chi connectivity index (χ0v) is 11.9. The van der Waals surface area contributed by atoms with Crippen LogP contribution in [-0.4, -0.2) is 16.0 Å². The molecule has 0 aliphatic rings. The minimum absolute atomic E-state index is 0.481. The minimum Gasteiger partial charge on any atom is -0.323 e. The van der Waals surface area contributed by atoms with Gasteiger partial charge in [-0.05, 0) is 12.1 Å². The van der Waals surface area contributed by atoms with E-state index >= 15 is 0 Å². The molecule has 5 heteroatoms. The molecule has 0 unspecified atom stereocenters. The molecule has 0 saturated carbocycles. The van der Waals surface area contributed by atoms with Crippen LogP contribution in [-0.2, 0) is 0 Å². The molecule has 0 bridgehead atoms. The molecule has 0 aliphatic heterocycles. The van der Waals surface area contributed by atoms with Crippen LogP contribution in [0.2, 0.25) is 5.15 Å². The normalized spacial score (nSPS) is 11.1. The molecule has 0 atom stereocenters. The van der Waals surface area contributed by atoms with Crippen LogP contribution in [0.1, 0.15) is 5.56 Å². The summed E-state index contributed by atoms with van der Waals surface area (Å²) in [7, 11) is 0. The fraction of sp³-hybridized carbons (Fsp3) is 0. The van der Waals surface area contributed by atoms with Crippen molar-refractivity contribution in [2.45, 2.75) is 0 Å². The first-order chi connectivity index (χ1) is 10.3. The van der Waals surface area contributed by atoms with Crippen molar-refractivity contribution in [1.29, 1.82) is 0 Å². The standard InChI is InChI=1S/C16H13ClN4/c17-16-14(11-19-18)15(12-7-3-1-4-8-12)20-21(16)13-9-5-2-6-10-13/h1-11H,18H2/b19-11+. The number of nitrogens with zero attached hydrogens (tertiary/aromatic N) is 3. The van der Waals surface area contributed by atoms with Crippen LogP contribution in [0.15, 0.2) is 65.8 Å². The number of benzene rings is 2. The Labute approximate surface area is 127 Å². The van der Waals surface area contributed by atoms with Crippen molar-refractivity contribution < 1.29 is 0 Å². The molecule has 0 saturated heterocycles. The number of para-hydroxylation sites is 1. The average molecular weight is 297 g/mol. The first-order valence-corrected chi connectivity index (χ1v) is 6.81. The summed E-state index contributed by atoms with van der Waals surface area (Å²) in [6, 6.07) is 19.5. The van der Waals surface area contributed by atoms with E-state index in [2.05, 4.69) is 10.2 Å². The maximum atomic E-state index is 6.45. The van der Waals surface area contributed by atoms with Crippen molar-refractivity contribution >= 4 is 17.8 Å². The van der Waals surface area contributed by atoms with Gasteiger partial charge in [0, 0.05) is 5.56 Å². The highest BCUT2D eigenvalue weighted by molar-refractivity contribution is 6.33. The largest absolute Gasteiger partial charge is 0.323 e. The third-order valence-electron chi connectivity index (χ3n) is 3.11. The second-order valence-electron chi connectivity index (χ2n) is 4.44. The molecule has 0 fully saturated rings. The van der Waals surface area contributed by atoms with Gasteiger partial charge in [-0.1, -0.05) is 60.1 Å². The Morgan fingerprint density at radius 3 is 2.24 bits per heavy atom. The first-order valence-electron chi connectivity index (χ1n) is 6.44. The van der Waals surface area contributed by atoms with Gasteiger partial charge in [-0.2, -0.15) is 10.2 Å². The fourth-order valence-electron chi connectivity index (χ4n) is 2.15. The number of rotatable bonds is 3. The maximum absolute atomic E-state index is 6.45. The lowest BCUT2D eigenvalue weighted by atomic mass is 10.1. The molecule has 4 nitrogen and oxygen atoms in total. The topological polar surface area (TPSA) is 56.2 Å². The lowest BCUT2D eigenvalue weighted by Gasteiger charge is -2.01. The van der Waals surface area contributed by atoms with E-state index in [4.69, 9.17) is 17.4 Å². The Kier molecular flexibility index (Phi) is 3.71. The van der Waals surface area contributed by atoms with Gasteiger partial charge in [0.15, 0.2) is 0 Å². The molecular formula is C16H13ClN4. The molecule has 2 N–H and O–H groups in total. The SMILES string of the molecule is N/N=C/c1c(-c2ccccc2)nn(-c2ccccc2)c1Cl. The van der Waals surface area contributed by atoms with Crippen molar-refractivity contribution in [2.24, 2.45) is 10.9 Å². The quantitative estimate of drug-likeness (QED) is 0.457. The Morgan fingerprint density at radius 2 is 1.62 bits per heavy atom. The number of halogens is 1. The van der Waals surface area contributed by atoms with Crippen LogP contribution < -0.4 is 5.84 Å². The number of nitrogens with two attached hydrogens (primary N) is 1. The van der Waals surface area contributed by atoms with E-state index in [1.165, 1.54) is 6.21 Å². The first kappa shape index (κ1) is 13.4. The molecule has 2 aromatic carbocycles. The van der Waals surface area contributed by atoms with Gasteiger partial charge in [0.2, 0.25) is 0 Å². The molecule has 1 aromatic heterocycles. The molecular weight excluding hydrogens is 284 g/mol. The molecule has 0 spiro atoms. The number of hydrazone groups is 1. The summed E-state index contributed by atoms with van der Waals surface area (Å²) < 4.78 is 1.68. The van der Waals surface area contributed by atoms with Crippen molar-refractivity contribution in [3.05, 3.63) is 71.4 Å². The average Bonchev–Trinajstić information content (AvgIpc) is 2.87. The van der Waals surface area contributed by atoms with E-state index in [-0.39, 0.29) is 0 Å². The molecule has 0 amide bonds. The molecule has 3 rings (SSSR count). The van der Waals surface area contributed by atoms with E-state index in [9.17, 15) is 0 Å². The second-order valence-corrected chi connectivity index (χ2v) is 4.80. The van der Waals surface area contributed by atoms with Gasteiger partial charge in [0.1, 0.15) is 10.8 Å². The lowest BCUT2D eigenvalue weighted by Crippen LogP contribution is -1.96. The Balaban J connectivity index is 2.21. The van der Waals surface area contributed by atoms with Gasteiger partial charge >= 0.3 is 0 Å². The van der Waals surface area contributed by atoms with Crippen LogP contribution in [0.25, 0.3) is 16.9 Å². The fourth-order valence-corrected chi connectivity index (χ4v) is 2.42. The van der Waals surface area contributed by atoms with Gasteiger partial charge in [0.05, 0.1) is 17.5 Å². The summed E-state index contributed by atoms with van der Waals surface area (Å²) in [5, 5.41) is 8.68. The predicted octanol–water partition coefficient (Wildman–Crippen LogP) is 3.49. The predicted molar refractivity (Wildman–Crippen MR) is 85.8 cm³/mol. The zero-order valence-electron chi connectivity index (χ0n) is 11.1. The van der Waals surface area contributed by atoms with Crippen LogP contribution in [0.5, 0.6) is 0 Å². The highest BCUT2D eigenvalue weighted by Gasteiger charge is 2.17. The zero-order chi connectivity index (χ0) is 14.7. The number of aromatic nitrogens is 2. The summed E-state index contributed by atoms with van der Waals surface area (Å²) in [6.45, 7) is 0. The summed E-state index contributed by atoms with van der Waals surface area (Å²) in [6.07, 6.45) is 1.52. The summed E-state index contributed by atoms with van der Waals surface area (Å²) in [5.41, 5.74) is 3.30. The smallest absolute Gasteiger partial charge is 0.142 e. The Morgan fingerprint density at radius 1 is 1.00 bits per heavy atom. The Hall–Kier alpha value is -2.59. The van der Waals surface area contributed by atoms with Gasteiger partial charge in [0.25, 0.3) is 0 Å². The molecule has 3 aromatic rings. The van der Waals surface area contributed by atoms with E-state index in [1.807, 2.05) is 60.7 Å². The van der Waals surface area contributed by atoms with E-state index in [0.29, 0.717) is 10.7 Å². The van der Waals surface area contributed by atoms with Crippen molar-refractivity contribution in [1.82, 2.24) is 9.78 Å². The van der Waals surface area contributed by atoms with E-state index in [1.54, 1.807) is 4.68 Å². The third-order valence-corrected chi connectivity index (χ3v) is 3.48. The summed E-state index contributed by atoms with van der Waals surface area (Å²) in [4.78, 5) is 0. The molecule has 0 radical (unpaired) electrons. The minimum atomic E-state index is 0.481. The highest BCUT2D eigenvalue weighted by Crippen LogP contribution is 2.29. The number of hydrogen-bond acceptors (Lipinski definition) is 3. The van der Waals surface area contributed by atoms with Gasteiger partial charge < -0.3 is 5.84 Å². The van der Waals surface area contributed by atoms with Gasteiger partial charge in [-0.25, -0.2) is 4.68 Å². The van der Waals surface area contributed by atoms with Crippen LogP contribution in [0, 0.1) is 0 Å². The Bertz CT molecular complexity index is 764. The van der Waals surface area contributed by atoms with Gasteiger partial charge in [-0.15, -0.1) is 0 Å². The second kappa shape index (κ2) is 5.81. The van der Waals surface area contributed by atoms with Crippen molar-refractivity contribution in [3.8, 4) is 16.9 Å². The summed E-state index contributed by atoms with van der Waals surface area (Å²) >= 11 is 6.45. The highest BCUT2D eigenvalue weighted by atomic mass is 35.5. The van der Waals surface area contributed by atoms with Crippen LogP contribution in [0.4, 0.5) is 0 Å². The van der Waals surface area contributed by atoms with Crippen LogP contribution >= 0.6 is 11.6 Å². The van der Waals surface area contributed by atoms with Crippen LogP contribution in [0.3, 0.4) is 0 Å². The van der Waals surface area contributed by atoms with E-state index < -0.39 is 0 Å². The number of hydrogen-bond donors (Lipinski definition) is 1. The van der Waals surface area contributed by atoms with E-state index in [0.717, 1.165) is 16.9 Å². The van der Waals surface area contributed by atoms with Crippen molar-refractivity contribution in [3.63, 3.8) is 0 Å². The maximum Gasteiger partial charge on any atom is 0.142 e. The lowest BCUT2D eigenvalue weighted by molar-refractivity contribution is 0.885. The molecule has 104 valence electrons. The summed E-state index contributed by atoms with van der Waals surface area (Å²) in [5.74, 6) is 5.30. The van der Waals surface area contributed by atoms with Crippen molar-refractivity contribution in [2.75, 3.05) is 0 Å². The molecule has 21 heavy (non-hydrogen) atoms. The monoisotopic (exact) mass is 296 g/mol. The molecule has 1 heterocycles. The third kappa shape index (κ3) is 2.53.